The number of hydrogen-bond donors (Lipinski definition) is 2. The molecule has 0 heterocycles. The zero-order valence-electron chi connectivity index (χ0n) is 17.7. The molecule has 0 rings (SSSR count). The summed E-state index contributed by atoms with van der Waals surface area (Å²) in [5, 5.41) is 20.6. The highest BCUT2D eigenvalue weighted by molar-refractivity contribution is 5.85. The second-order valence-electron chi connectivity index (χ2n) is 7.85. The Kier molecular flexibility index (Phi) is 11.0. The van der Waals surface area contributed by atoms with Crippen LogP contribution in [0.3, 0.4) is 0 Å². The molecule has 0 aromatic carbocycles. The fourth-order valence-electron chi connectivity index (χ4n) is 3.34. The van der Waals surface area contributed by atoms with Crippen molar-refractivity contribution in [3.05, 3.63) is 11.6 Å². The van der Waals surface area contributed by atoms with Crippen LogP contribution in [0.15, 0.2) is 11.6 Å². The smallest absolute Gasteiger partial charge is 0.311 e. The van der Waals surface area contributed by atoms with Gasteiger partial charge in [-0.3, -0.25) is 9.59 Å². The van der Waals surface area contributed by atoms with E-state index in [1.807, 2.05) is 40.7 Å². The van der Waals surface area contributed by atoms with Gasteiger partial charge < -0.3 is 14.9 Å². The minimum absolute atomic E-state index is 0.0216. The molecule has 0 aromatic heterocycles. The second-order valence-corrected chi connectivity index (χ2v) is 7.85. The van der Waals surface area contributed by atoms with Gasteiger partial charge in [-0.2, -0.15) is 0 Å². The number of methoxy groups -OCH3 is 1. The van der Waals surface area contributed by atoms with Crippen LogP contribution in [0, 0.1) is 29.6 Å². The molecule has 0 unspecified atom stereocenters. The number of ketones is 1. The summed E-state index contributed by atoms with van der Waals surface area (Å²) in [7, 11) is 1.31. The zero-order chi connectivity index (χ0) is 20.6. The Morgan fingerprint density at radius 2 is 1.46 bits per heavy atom. The molecule has 0 saturated carbocycles. The number of esters is 1. The summed E-state index contributed by atoms with van der Waals surface area (Å²) in [6.07, 6.45) is 1.88. The lowest BCUT2D eigenvalue weighted by Crippen LogP contribution is -2.34. The van der Waals surface area contributed by atoms with E-state index >= 15 is 0 Å². The van der Waals surface area contributed by atoms with Crippen molar-refractivity contribution in [3.63, 3.8) is 0 Å². The molecule has 0 aliphatic rings. The number of rotatable bonds is 11. The van der Waals surface area contributed by atoms with E-state index in [0.717, 1.165) is 12.0 Å². The van der Waals surface area contributed by atoms with Crippen LogP contribution in [-0.4, -0.2) is 41.3 Å². The van der Waals surface area contributed by atoms with Crippen LogP contribution in [0.5, 0.6) is 0 Å². The van der Waals surface area contributed by atoms with Crippen LogP contribution in [0.4, 0.5) is 0 Å². The number of hydrogen-bond acceptors (Lipinski definition) is 5. The number of carbonyl (C=O) groups excluding carboxylic acids is 2. The van der Waals surface area contributed by atoms with E-state index in [2.05, 4.69) is 4.74 Å². The molecular formula is C21H38O5. The maximum Gasteiger partial charge on any atom is 0.311 e. The van der Waals surface area contributed by atoms with Crippen molar-refractivity contribution in [2.45, 2.75) is 73.5 Å². The van der Waals surface area contributed by atoms with Crippen LogP contribution in [-0.2, 0) is 14.3 Å². The standard InChI is InChI=1S/C21H38O5/c1-9-13(3)18(22)16(6)19(23)14(4)10-12(2)11-15(5)20(24)17(7)21(25)26-8/h10,13-18,20,22,24H,9,11H2,1-8H3/b12-10+/t13-,14+,15-,16-,17-,18+,20+/m1/s1. The Labute approximate surface area is 158 Å². The van der Waals surface area contributed by atoms with Crippen molar-refractivity contribution in [3.8, 4) is 0 Å². The van der Waals surface area contributed by atoms with Gasteiger partial charge in [0, 0.05) is 11.8 Å². The van der Waals surface area contributed by atoms with Crippen LogP contribution >= 0.6 is 0 Å². The van der Waals surface area contributed by atoms with E-state index in [9.17, 15) is 19.8 Å². The first kappa shape index (κ1) is 24.8. The van der Waals surface area contributed by atoms with E-state index in [1.165, 1.54) is 7.11 Å². The van der Waals surface area contributed by atoms with Gasteiger partial charge in [0.25, 0.3) is 0 Å². The molecule has 0 aliphatic carbocycles. The molecule has 152 valence electrons. The van der Waals surface area contributed by atoms with Crippen LogP contribution < -0.4 is 0 Å². The van der Waals surface area contributed by atoms with Gasteiger partial charge in [-0.15, -0.1) is 0 Å². The van der Waals surface area contributed by atoms with Gasteiger partial charge in [-0.1, -0.05) is 52.7 Å². The molecule has 26 heavy (non-hydrogen) atoms. The number of carbonyl (C=O) groups is 2. The molecule has 5 heteroatoms. The number of allylic oxidation sites excluding steroid dienone is 2. The van der Waals surface area contributed by atoms with Gasteiger partial charge in [0.2, 0.25) is 0 Å². The van der Waals surface area contributed by atoms with Gasteiger partial charge in [0.1, 0.15) is 5.78 Å². The molecule has 2 N–H and O–H groups in total. The Balaban J connectivity index is 4.88. The quantitative estimate of drug-likeness (QED) is 0.430. The Morgan fingerprint density at radius 3 is 1.92 bits per heavy atom. The predicted octanol–water partition coefficient (Wildman–Crippen LogP) is 3.38. The average Bonchev–Trinajstić information content (AvgIpc) is 2.62. The van der Waals surface area contributed by atoms with E-state index in [1.54, 1.807) is 13.8 Å². The lowest BCUT2D eigenvalue weighted by atomic mass is 9.83. The van der Waals surface area contributed by atoms with Crippen LogP contribution in [0.25, 0.3) is 0 Å². The lowest BCUT2D eigenvalue weighted by molar-refractivity contribution is -0.149. The summed E-state index contributed by atoms with van der Waals surface area (Å²) in [6, 6.07) is 0. The average molecular weight is 371 g/mol. The van der Waals surface area contributed by atoms with Gasteiger partial charge >= 0.3 is 5.97 Å². The highest BCUT2D eigenvalue weighted by Gasteiger charge is 2.29. The van der Waals surface area contributed by atoms with Crippen molar-refractivity contribution < 1.29 is 24.5 Å². The highest BCUT2D eigenvalue weighted by Crippen LogP contribution is 2.24. The molecule has 0 radical (unpaired) electrons. The maximum atomic E-state index is 12.6. The third-order valence-corrected chi connectivity index (χ3v) is 5.48. The van der Waals surface area contributed by atoms with Crippen LogP contribution in [0.1, 0.15) is 61.3 Å². The van der Waals surface area contributed by atoms with Gasteiger partial charge in [0.05, 0.1) is 25.2 Å². The molecule has 0 bridgehead atoms. The Morgan fingerprint density at radius 1 is 0.962 bits per heavy atom. The summed E-state index contributed by atoms with van der Waals surface area (Å²) >= 11 is 0. The van der Waals surface area contributed by atoms with Gasteiger partial charge in [-0.25, -0.2) is 0 Å². The van der Waals surface area contributed by atoms with Gasteiger partial charge in [-0.05, 0) is 32.1 Å². The van der Waals surface area contributed by atoms with Gasteiger partial charge in [0.15, 0.2) is 0 Å². The van der Waals surface area contributed by atoms with E-state index < -0.39 is 30.0 Å². The fraction of sp³-hybridized carbons (Fsp3) is 0.810. The lowest BCUT2D eigenvalue weighted by Gasteiger charge is -2.25. The molecule has 5 nitrogen and oxygen atoms in total. The SMILES string of the molecule is CC[C@@H](C)[C@H](O)[C@@H](C)C(=O)[C@@H](C)/C=C(\C)C[C@@H](C)[C@H](O)[C@@H](C)C(=O)OC. The molecule has 0 amide bonds. The second kappa shape index (κ2) is 11.5. The number of ether oxygens (including phenoxy) is 1. The summed E-state index contributed by atoms with van der Waals surface area (Å²) in [4.78, 5) is 24.1. The highest BCUT2D eigenvalue weighted by atomic mass is 16.5. The maximum absolute atomic E-state index is 12.6. The molecule has 0 fully saturated rings. The van der Waals surface area contributed by atoms with Crippen molar-refractivity contribution in [1.82, 2.24) is 0 Å². The predicted molar refractivity (Wildman–Crippen MR) is 104 cm³/mol. The third-order valence-electron chi connectivity index (χ3n) is 5.48. The number of aliphatic hydroxyl groups excluding tert-OH is 2. The normalized spacial score (nSPS) is 20.5. The molecule has 0 aromatic rings. The topological polar surface area (TPSA) is 83.8 Å². The summed E-state index contributed by atoms with van der Waals surface area (Å²) in [6.45, 7) is 13.0. The minimum Gasteiger partial charge on any atom is -0.469 e. The number of Topliss-reactive ketones (excluding diaryl/α,β-unsaturated/α-hetero) is 1. The molecule has 7 atom stereocenters. The minimum atomic E-state index is -0.803. The number of aliphatic hydroxyl groups is 2. The van der Waals surface area contributed by atoms with E-state index in [4.69, 9.17) is 0 Å². The van der Waals surface area contributed by atoms with Crippen molar-refractivity contribution in [1.29, 1.82) is 0 Å². The molecular weight excluding hydrogens is 332 g/mol. The van der Waals surface area contributed by atoms with Crippen molar-refractivity contribution in [2.75, 3.05) is 7.11 Å². The van der Waals surface area contributed by atoms with E-state index in [0.29, 0.717) is 6.42 Å². The summed E-state index contributed by atoms with van der Waals surface area (Å²) in [5.74, 6) is -1.76. The zero-order valence-corrected chi connectivity index (χ0v) is 17.7. The molecule has 0 saturated heterocycles. The summed E-state index contributed by atoms with van der Waals surface area (Å²) in [5.41, 5.74) is 0.986. The largest absolute Gasteiger partial charge is 0.469 e. The Bertz CT molecular complexity index is 485. The first-order chi connectivity index (χ1) is 12.0. The first-order valence-corrected chi connectivity index (χ1v) is 9.62. The monoisotopic (exact) mass is 370 g/mol. The fourth-order valence-corrected chi connectivity index (χ4v) is 3.34. The van der Waals surface area contributed by atoms with Crippen LogP contribution in [0.2, 0.25) is 0 Å². The Hall–Kier alpha value is -1.20. The molecule has 0 spiro atoms. The first-order valence-electron chi connectivity index (χ1n) is 9.62. The van der Waals surface area contributed by atoms with E-state index in [-0.39, 0.29) is 23.5 Å². The van der Waals surface area contributed by atoms with Crippen molar-refractivity contribution >= 4 is 11.8 Å². The molecule has 0 aliphatic heterocycles. The van der Waals surface area contributed by atoms with Crippen molar-refractivity contribution in [2.24, 2.45) is 29.6 Å². The summed E-state index contributed by atoms with van der Waals surface area (Å²) < 4.78 is 4.68. The third kappa shape index (κ3) is 7.20.